The topological polar surface area (TPSA) is 136 Å². The van der Waals surface area contributed by atoms with Gasteiger partial charge in [-0.2, -0.15) is 0 Å². The van der Waals surface area contributed by atoms with E-state index in [4.69, 9.17) is 21.3 Å². The summed E-state index contributed by atoms with van der Waals surface area (Å²) in [7, 11) is 0. The second-order valence-corrected chi connectivity index (χ2v) is 5.47. The number of nitrogens with two attached hydrogens (primary N) is 2. The van der Waals surface area contributed by atoms with Crippen LogP contribution in [0.15, 0.2) is 48.8 Å². The molecule has 2 heterocycles. The maximum absolute atomic E-state index is 14.0. The Bertz CT molecular complexity index is 1090. The maximum Gasteiger partial charge on any atom is 0.409 e. The molecule has 0 aliphatic heterocycles. The van der Waals surface area contributed by atoms with Crippen molar-refractivity contribution in [3.05, 3.63) is 65.9 Å². The van der Waals surface area contributed by atoms with Gasteiger partial charge in [0.2, 0.25) is 0 Å². The molecule has 1 amide bonds. The molecule has 0 aliphatic carbocycles. The fourth-order valence-electron chi connectivity index (χ4n) is 2.18. The summed E-state index contributed by atoms with van der Waals surface area (Å²) in [6.45, 7) is 0. The van der Waals surface area contributed by atoms with Gasteiger partial charge in [-0.3, -0.25) is 5.32 Å². The highest BCUT2D eigenvalue weighted by atomic mass is 19.1. The second-order valence-electron chi connectivity index (χ2n) is 5.47. The normalized spacial score (nSPS) is 9.89. The summed E-state index contributed by atoms with van der Waals surface area (Å²) in [4.78, 5) is 18.6. The first-order valence-corrected chi connectivity index (χ1v) is 7.88. The second kappa shape index (κ2) is 7.92. The average Bonchev–Trinajstić information content (AvgIpc) is 2.64. The van der Waals surface area contributed by atoms with Gasteiger partial charge in [0.25, 0.3) is 0 Å². The van der Waals surface area contributed by atoms with E-state index in [1.54, 1.807) is 0 Å². The van der Waals surface area contributed by atoms with Crippen molar-refractivity contribution < 1.29 is 19.0 Å². The molecule has 140 valence electrons. The Balaban J connectivity index is 1.89. The zero-order chi connectivity index (χ0) is 20.1. The summed E-state index contributed by atoms with van der Waals surface area (Å²) in [5.41, 5.74) is 12.6. The monoisotopic (exact) mass is 379 g/mol. The molecular weight excluding hydrogens is 365 g/mol. The summed E-state index contributed by atoms with van der Waals surface area (Å²) < 4.78 is 19.6. The van der Waals surface area contributed by atoms with E-state index in [-0.39, 0.29) is 28.6 Å². The number of carboxylic acid groups (broad SMARTS) is 1. The quantitative estimate of drug-likeness (QED) is 0.405. The summed E-state index contributed by atoms with van der Waals surface area (Å²) in [6, 6.07) is 8.59. The third kappa shape index (κ3) is 4.44. The molecule has 0 atom stereocenters. The van der Waals surface area contributed by atoms with Gasteiger partial charge in [0.1, 0.15) is 22.8 Å². The molecule has 9 heteroatoms. The standard InChI is InChI=1S/C19H14FN5O3/c20-15-9-11(21)1-6-17(15)28-16-7-8-23-18(22)14(16)5-4-12-2-3-13(10-24-12)25-19(26)27/h1-3,6-10,25H,21H2,(H2,22,23)(H,26,27). The van der Waals surface area contributed by atoms with Crippen LogP contribution in [0.3, 0.4) is 0 Å². The lowest BCUT2D eigenvalue weighted by Gasteiger charge is -2.10. The lowest BCUT2D eigenvalue weighted by atomic mass is 10.2. The number of amides is 1. The number of pyridine rings is 2. The number of anilines is 3. The van der Waals surface area contributed by atoms with Gasteiger partial charge in [-0.05, 0) is 30.2 Å². The SMILES string of the molecule is Nc1ccc(Oc2ccnc(N)c2C#Cc2ccc(NC(=O)O)cn2)c(F)c1. The van der Waals surface area contributed by atoms with Crippen molar-refractivity contribution in [3.63, 3.8) is 0 Å². The third-order valence-electron chi connectivity index (χ3n) is 3.45. The summed E-state index contributed by atoms with van der Waals surface area (Å²) in [6.07, 6.45) is 1.54. The Labute approximate surface area is 159 Å². The van der Waals surface area contributed by atoms with Crippen LogP contribution in [-0.4, -0.2) is 21.2 Å². The van der Waals surface area contributed by atoms with Crippen molar-refractivity contribution in [2.24, 2.45) is 0 Å². The first kappa shape index (κ1) is 18.5. The van der Waals surface area contributed by atoms with E-state index in [2.05, 4.69) is 27.1 Å². The van der Waals surface area contributed by atoms with Crippen molar-refractivity contribution in [3.8, 4) is 23.3 Å². The molecule has 2 aromatic heterocycles. The first-order valence-electron chi connectivity index (χ1n) is 7.88. The number of halogens is 1. The minimum atomic E-state index is -1.19. The van der Waals surface area contributed by atoms with Crippen LogP contribution >= 0.6 is 0 Å². The number of ether oxygens (including phenoxy) is 1. The van der Waals surface area contributed by atoms with Crippen LogP contribution in [0.4, 0.5) is 26.4 Å². The van der Waals surface area contributed by atoms with Crippen LogP contribution in [-0.2, 0) is 0 Å². The van der Waals surface area contributed by atoms with E-state index < -0.39 is 11.9 Å². The van der Waals surface area contributed by atoms with Gasteiger partial charge in [-0.25, -0.2) is 19.2 Å². The van der Waals surface area contributed by atoms with E-state index in [1.807, 2.05) is 0 Å². The molecule has 0 radical (unpaired) electrons. The minimum absolute atomic E-state index is 0.0370. The fourth-order valence-corrected chi connectivity index (χ4v) is 2.18. The predicted molar refractivity (Wildman–Crippen MR) is 101 cm³/mol. The zero-order valence-corrected chi connectivity index (χ0v) is 14.3. The molecule has 0 aliphatic rings. The van der Waals surface area contributed by atoms with Crippen LogP contribution in [0.2, 0.25) is 0 Å². The van der Waals surface area contributed by atoms with Gasteiger partial charge >= 0.3 is 6.09 Å². The Morgan fingerprint density at radius 2 is 1.93 bits per heavy atom. The highest BCUT2D eigenvalue weighted by Crippen LogP contribution is 2.29. The number of benzene rings is 1. The number of aromatic nitrogens is 2. The van der Waals surface area contributed by atoms with Gasteiger partial charge < -0.3 is 21.3 Å². The van der Waals surface area contributed by atoms with Crippen molar-refractivity contribution in [2.45, 2.75) is 0 Å². The first-order chi connectivity index (χ1) is 13.4. The number of carbonyl (C=O) groups is 1. The van der Waals surface area contributed by atoms with Crippen molar-refractivity contribution in [1.82, 2.24) is 9.97 Å². The minimum Gasteiger partial charge on any atom is -0.465 e. The van der Waals surface area contributed by atoms with Crippen molar-refractivity contribution >= 4 is 23.3 Å². The van der Waals surface area contributed by atoms with Crippen LogP contribution in [0.5, 0.6) is 11.5 Å². The van der Waals surface area contributed by atoms with Crippen molar-refractivity contribution in [2.75, 3.05) is 16.8 Å². The maximum atomic E-state index is 14.0. The Morgan fingerprint density at radius 1 is 1.11 bits per heavy atom. The van der Waals surface area contributed by atoms with Crippen molar-refractivity contribution in [1.29, 1.82) is 0 Å². The van der Waals surface area contributed by atoms with Gasteiger partial charge in [0, 0.05) is 24.0 Å². The lowest BCUT2D eigenvalue weighted by molar-refractivity contribution is 0.209. The molecule has 28 heavy (non-hydrogen) atoms. The highest BCUT2D eigenvalue weighted by Gasteiger charge is 2.11. The molecule has 0 bridgehead atoms. The molecule has 6 N–H and O–H groups in total. The molecule has 0 spiro atoms. The van der Waals surface area contributed by atoms with E-state index in [9.17, 15) is 9.18 Å². The molecule has 3 aromatic rings. The van der Waals surface area contributed by atoms with Crippen LogP contribution in [0, 0.1) is 17.7 Å². The average molecular weight is 379 g/mol. The summed E-state index contributed by atoms with van der Waals surface area (Å²) in [5, 5.41) is 10.8. The summed E-state index contributed by atoms with van der Waals surface area (Å²) >= 11 is 0. The third-order valence-corrected chi connectivity index (χ3v) is 3.45. The van der Waals surface area contributed by atoms with Gasteiger partial charge in [-0.15, -0.1) is 0 Å². The largest absolute Gasteiger partial charge is 0.465 e. The van der Waals surface area contributed by atoms with E-state index in [0.29, 0.717) is 11.4 Å². The van der Waals surface area contributed by atoms with E-state index in [1.165, 1.54) is 42.7 Å². The number of nitrogen functional groups attached to an aromatic ring is 2. The van der Waals surface area contributed by atoms with Crippen LogP contribution in [0.1, 0.15) is 11.3 Å². The van der Waals surface area contributed by atoms with Crippen LogP contribution in [0.25, 0.3) is 0 Å². The van der Waals surface area contributed by atoms with E-state index in [0.717, 1.165) is 6.07 Å². The molecule has 1 aromatic carbocycles. The number of hydrogen-bond donors (Lipinski definition) is 4. The molecule has 0 fully saturated rings. The number of nitrogens with one attached hydrogen (secondary N) is 1. The number of nitrogens with zero attached hydrogens (tertiary/aromatic N) is 2. The molecule has 8 nitrogen and oxygen atoms in total. The fraction of sp³-hybridized carbons (Fsp3) is 0. The predicted octanol–water partition coefficient (Wildman–Crippen LogP) is 3.06. The smallest absolute Gasteiger partial charge is 0.409 e. The van der Waals surface area contributed by atoms with Gasteiger partial charge in [0.15, 0.2) is 11.6 Å². The molecule has 0 unspecified atom stereocenters. The van der Waals surface area contributed by atoms with E-state index >= 15 is 0 Å². The number of hydrogen-bond acceptors (Lipinski definition) is 6. The summed E-state index contributed by atoms with van der Waals surface area (Å²) in [5.74, 6) is 5.24. The van der Waals surface area contributed by atoms with Gasteiger partial charge in [0.05, 0.1) is 11.9 Å². The lowest BCUT2D eigenvalue weighted by Crippen LogP contribution is -2.07. The Hall–Kier alpha value is -4.32. The molecular formula is C19H14FN5O3. The van der Waals surface area contributed by atoms with Gasteiger partial charge in [-0.1, -0.05) is 5.92 Å². The molecule has 3 rings (SSSR count). The Morgan fingerprint density at radius 3 is 2.61 bits per heavy atom. The number of rotatable bonds is 3. The Kier molecular flexibility index (Phi) is 5.23. The highest BCUT2D eigenvalue weighted by molar-refractivity contribution is 5.82. The zero-order valence-electron chi connectivity index (χ0n) is 14.3. The molecule has 0 saturated carbocycles. The van der Waals surface area contributed by atoms with Crippen LogP contribution < -0.4 is 21.5 Å². The molecule has 0 saturated heterocycles.